The minimum atomic E-state index is -4.77. The van der Waals surface area contributed by atoms with E-state index in [2.05, 4.69) is 130 Å². The summed E-state index contributed by atoms with van der Waals surface area (Å²) in [6, 6.07) is 0. The third kappa shape index (κ3) is 50.8. The smallest absolute Gasteiger partial charge is 0.462 e. The third-order valence-electron chi connectivity index (χ3n) is 10.8. The minimum absolute atomic E-state index is 0.0911. The average molecular weight is 1030 g/mol. The molecule has 0 fully saturated rings. The van der Waals surface area contributed by atoms with Crippen LogP contribution in [0.25, 0.3) is 0 Å². The van der Waals surface area contributed by atoms with Gasteiger partial charge in [0.15, 0.2) is 6.10 Å². The fraction of sp³-hybridized carbons (Fsp3) is 0.617. The largest absolute Gasteiger partial charge is 0.472 e. The zero-order chi connectivity index (χ0) is 52.7. The summed E-state index contributed by atoms with van der Waals surface area (Å²) in [5.41, 5.74) is 0. The van der Waals surface area contributed by atoms with Crippen LogP contribution < -0.4 is 0 Å². The van der Waals surface area contributed by atoms with Gasteiger partial charge in [0.25, 0.3) is 0 Å². The number of unbranched alkanes of at least 4 members (excludes halogenated alkanes) is 12. The van der Waals surface area contributed by atoms with Gasteiger partial charge < -0.3 is 24.2 Å². The van der Waals surface area contributed by atoms with Gasteiger partial charge in [-0.15, -0.1) is 0 Å². The molecule has 0 aliphatic rings. The highest BCUT2D eigenvalue weighted by Gasteiger charge is 2.28. The summed E-state index contributed by atoms with van der Waals surface area (Å²) in [5, 5.41) is 9.79. The number of allylic oxidation sites excluding steroid dienone is 20. The van der Waals surface area contributed by atoms with Crippen molar-refractivity contribution in [3.63, 3.8) is 0 Å². The normalized spacial score (nSPS) is 14.3. The molecule has 11 nitrogen and oxygen atoms in total. The molecule has 0 aromatic heterocycles. The monoisotopic (exact) mass is 1020 g/mol. The maximum atomic E-state index is 12.9. The fourth-order valence-electron chi connectivity index (χ4n) is 6.69. The number of esters is 3. The van der Waals surface area contributed by atoms with Crippen molar-refractivity contribution in [1.82, 2.24) is 0 Å². The Morgan fingerprint density at radius 1 is 0.403 bits per heavy atom. The van der Waals surface area contributed by atoms with E-state index < -0.39 is 57.8 Å². The zero-order valence-electron chi connectivity index (χ0n) is 44.8. The molecule has 12 heteroatoms. The fourth-order valence-corrected chi connectivity index (χ4v) is 7.47. The number of aliphatic hydroxyl groups is 1. The lowest BCUT2D eigenvalue weighted by molar-refractivity contribution is -0.161. The summed E-state index contributed by atoms with van der Waals surface area (Å²) in [4.78, 5) is 48.4. The van der Waals surface area contributed by atoms with Crippen LogP contribution in [-0.2, 0) is 42.2 Å². The molecular formula is C60H97O11P. The van der Waals surface area contributed by atoms with Gasteiger partial charge in [-0.25, -0.2) is 4.57 Å². The van der Waals surface area contributed by atoms with Crippen molar-refractivity contribution < 1.29 is 52.2 Å². The van der Waals surface area contributed by atoms with E-state index in [4.69, 9.17) is 23.3 Å². The first-order valence-electron chi connectivity index (χ1n) is 27.4. The molecule has 0 aliphatic carbocycles. The molecule has 0 aromatic rings. The molecule has 3 unspecified atom stereocenters. The van der Waals surface area contributed by atoms with Crippen LogP contribution in [0, 0.1) is 0 Å². The molecule has 3 atom stereocenters. The van der Waals surface area contributed by atoms with Crippen molar-refractivity contribution in [3.8, 4) is 0 Å². The van der Waals surface area contributed by atoms with Crippen molar-refractivity contribution in [2.45, 2.75) is 213 Å². The first kappa shape index (κ1) is 67.9. The first-order chi connectivity index (χ1) is 35.2. The van der Waals surface area contributed by atoms with E-state index in [1.807, 2.05) is 12.2 Å². The SMILES string of the molecule is CC/C=C\C/C=C\C/C=C\C/C=C\C/C=C\C/C=C\CCC(=O)OCC(COP(=O)(O)OCC(CO)OC(=O)CCCCCCC/C=C\C/C=C\CCC)OC(=O)CCCCCCC/C=C\C/C=C\CCC. The van der Waals surface area contributed by atoms with Crippen molar-refractivity contribution in [2.24, 2.45) is 0 Å². The number of hydrogen-bond donors (Lipinski definition) is 2. The second-order valence-electron chi connectivity index (χ2n) is 17.7. The van der Waals surface area contributed by atoms with Crippen LogP contribution in [0.15, 0.2) is 122 Å². The molecule has 0 aliphatic heterocycles. The number of rotatable bonds is 49. The summed E-state index contributed by atoms with van der Waals surface area (Å²) in [7, 11) is -4.77. The van der Waals surface area contributed by atoms with E-state index >= 15 is 0 Å². The summed E-state index contributed by atoms with van der Waals surface area (Å²) in [5.74, 6) is -1.61. The maximum Gasteiger partial charge on any atom is 0.472 e. The van der Waals surface area contributed by atoms with E-state index in [1.165, 1.54) is 0 Å². The quantitative estimate of drug-likeness (QED) is 0.0197. The van der Waals surface area contributed by atoms with Gasteiger partial charge in [-0.3, -0.25) is 23.4 Å². The Labute approximate surface area is 437 Å². The van der Waals surface area contributed by atoms with Gasteiger partial charge in [0.2, 0.25) is 0 Å². The highest BCUT2D eigenvalue weighted by molar-refractivity contribution is 7.47. The van der Waals surface area contributed by atoms with Crippen LogP contribution in [0.1, 0.15) is 201 Å². The number of carbonyl (C=O) groups is 3. The van der Waals surface area contributed by atoms with Gasteiger partial charge in [0, 0.05) is 19.3 Å². The second-order valence-corrected chi connectivity index (χ2v) is 19.1. The number of carbonyl (C=O) groups excluding carboxylic acids is 3. The van der Waals surface area contributed by atoms with Crippen LogP contribution in [0.2, 0.25) is 0 Å². The van der Waals surface area contributed by atoms with Crippen molar-refractivity contribution in [2.75, 3.05) is 26.4 Å². The van der Waals surface area contributed by atoms with Crippen molar-refractivity contribution >= 4 is 25.7 Å². The first-order valence-corrected chi connectivity index (χ1v) is 28.9. The van der Waals surface area contributed by atoms with E-state index in [9.17, 15) is 28.9 Å². The molecule has 408 valence electrons. The highest BCUT2D eigenvalue weighted by atomic mass is 31.2. The molecule has 0 spiro atoms. The van der Waals surface area contributed by atoms with E-state index in [0.29, 0.717) is 19.3 Å². The Balaban J connectivity index is 4.87. The minimum Gasteiger partial charge on any atom is -0.462 e. The lowest BCUT2D eigenvalue weighted by Crippen LogP contribution is -2.30. The molecular weight excluding hydrogens is 928 g/mol. The molecule has 0 saturated heterocycles. The lowest BCUT2D eigenvalue weighted by atomic mass is 10.1. The summed E-state index contributed by atoms with van der Waals surface area (Å²) < 4.78 is 39.3. The number of phosphoric ester groups is 1. The van der Waals surface area contributed by atoms with Crippen LogP contribution >= 0.6 is 7.82 Å². The Hall–Kier alpha value is -4.12. The molecule has 0 bridgehead atoms. The number of ether oxygens (including phenoxy) is 3. The Bertz CT molecular complexity index is 1670. The van der Waals surface area contributed by atoms with Crippen LogP contribution in [-0.4, -0.2) is 66.5 Å². The number of phosphoric acid groups is 1. The highest BCUT2D eigenvalue weighted by Crippen LogP contribution is 2.43. The number of aliphatic hydroxyl groups excluding tert-OH is 1. The molecule has 0 saturated carbocycles. The molecule has 0 heterocycles. The van der Waals surface area contributed by atoms with Gasteiger partial charge in [-0.2, -0.15) is 0 Å². The molecule has 2 N–H and O–H groups in total. The Kier molecular flexibility index (Phi) is 50.1. The van der Waals surface area contributed by atoms with Crippen LogP contribution in [0.4, 0.5) is 0 Å². The molecule has 72 heavy (non-hydrogen) atoms. The van der Waals surface area contributed by atoms with E-state index in [1.54, 1.807) is 0 Å². The molecule has 0 aromatic carbocycles. The predicted molar refractivity (Wildman–Crippen MR) is 297 cm³/mol. The van der Waals surface area contributed by atoms with Gasteiger partial charge in [0.1, 0.15) is 12.7 Å². The molecule has 0 rings (SSSR count). The Morgan fingerprint density at radius 3 is 1.17 bits per heavy atom. The molecule has 0 radical (unpaired) electrons. The third-order valence-corrected chi connectivity index (χ3v) is 11.8. The van der Waals surface area contributed by atoms with Crippen LogP contribution in [0.5, 0.6) is 0 Å². The standard InChI is InChI=1S/C60H97O11P/c1-4-7-10-13-16-19-22-25-26-27-28-29-30-33-34-37-40-43-46-49-58(62)67-53-57(71-60(64)51-48-45-42-39-36-32-24-21-18-15-12-9-6-3)55-69-72(65,66)68-54-56(52-61)70-59(63)50-47-44-41-38-35-31-23-20-17-14-11-8-5-2/h7,10-12,14-16,19-21,23-26,28-29,33-34,40,43,56-57,61H,4-6,8-9,13,17-18,22,27,30-32,35-39,41-42,44-55H2,1-3H3,(H,65,66)/b10-7-,14-11-,15-12-,19-16-,23-20-,24-21-,26-25-,29-28-,34-33-,43-40-. The molecule has 0 amide bonds. The van der Waals surface area contributed by atoms with E-state index in [-0.39, 0.29) is 25.9 Å². The predicted octanol–water partition coefficient (Wildman–Crippen LogP) is 16.0. The maximum absolute atomic E-state index is 12.9. The van der Waals surface area contributed by atoms with Crippen molar-refractivity contribution in [3.05, 3.63) is 122 Å². The van der Waals surface area contributed by atoms with Gasteiger partial charge in [-0.05, 0) is 109 Å². The van der Waals surface area contributed by atoms with E-state index in [0.717, 1.165) is 141 Å². The van der Waals surface area contributed by atoms with Gasteiger partial charge in [0.05, 0.1) is 19.8 Å². The summed E-state index contributed by atoms with van der Waals surface area (Å²) in [6.45, 7) is 4.25. The Morgan fingerprint density at radius 2 is 0.750 bits per heavy atom. The van der Waals surface area contributed by atoms with Crippen LogP contribution in [0.3, 0.4) is 0 Å². The summed E-state index contributed by atoms with van der Waals surface area (Å²) in [6.07, 6.45) is 64.6. The second kappa shape index (κ2) is 53.2. The van der Waals surface area contributed by atoms with Crippen molar-refractivity contribution in [1.29, 1.82) is 0 Å². The average Bonchev–Trinajstić information content (AvgIpc) is 3.37. The van der Waals surface area contributed by atoms with Gasteiger partial charge >= 0.3 is 25.7 Å². The van der Waals surface area contributed by atoms with Gasteiger partial charge in [-0.1, -0.05) is 194 Å². The lowest BCUT2D eigenvalue weighted by Gasteiger charge is -2.21. The zero-order valence-corrected chi connectivity index (χ0v) is 45.7. The topological polar surface area (TPSA) is 155 Å². The summed E-state index contributed by atoms with van der Waals surface area (Å²) >= 11 is 0. The number of hydrogen-bond acceptors (Lipinski definition) is 10.